The van der Waals surface area contributed by atoms with Gasteiger partial charge < -0.3 is 9.84 Å². The number of nitrogens with zero attached hydrogens (tertiary/aromatic N) is 2. The second kappa shape index (κ2) is 7.06. The Labute approximate surface area is 208 Å². The predicted molar refractivity (Wildman–Crippen MR) is 137 cm³/mol. The second-order valence-electron chi connectivity index (χ2n) is 12.7. The normalized spacial score (nSPS) is 42.6. The fraction of sp³-hybridized carbons (Fsp3) is 0.581. The summed E-state index contributed by atoms with van der Waals surface area (Å²) in [7, 11) is 0. The lowest BCUT2D eigenvalue weighted by molar-refractivity contribution is -0.147. The first-order valence-electron chi connectivity index (χ1n) is 13.9. The molecule has 0 amide bonds. The molecule has 8 rings (SSSR count). The number of allylic oxidation sites excluding steroid dienone is 1. The number of hydrogen-bond donors (Lipinski definition) is 1. The van der Waals surface area contributed by atoms with Gasteiger partial charge in [0.25, 0.3) is 0 Å². The minimum absolute atomic E-state index is 0.0637. The van der Waals surface area contributed by atoms with Crippen molar-refractivity contribution in [3.05, 3.63) is 65.5 Å². The molecule has 0 radical (unpaired) electrons. The molecule has 0 unspecified atom stereocenters. The molecule has 2 aromatic rings. The summed E-state index contributed by atoms with van der Waals surface area (Å²) in [5.74, 6) is 1.14. The SMILES string of the molecule is C[C@]12CC=C3C=C4CC[C@H](N5CC(O)C5)C[C@]45CC[C@]3(O5)[C@@H]1CC[C@@H]2c1ccc2ccncc2c1. The van der Waals surface area contributed by atoms with Crippen molar-refractivity contribution in [3.8, 4) is 0 Å². The van der Waals surface area contributed by atoms with E-state index in [1.165, 1.54) is 54.0 Å². The third-order valence-electron chi connectivity index (χ3n) is 11.1. The zero-order chi connectivity index (χ0) is 23.4. The van der Waals surface area contributed by atoms with Crippen molar-refractivity contribution in [2.45, 2.75) is 87.6 Å². The summed E-state index contributed by atoms with van der Waals surface area (Å²) in [5, 5.41) is 12.4. The van der Waals surface area contributed by atoms with E-state index < -0.39 is 0 Å². The number of hydrogen-bond acceptors (Lipinski definition) is 4. The van der Waals surface area contributed by atoms with Gasteiger partial charge in [-0.05, 0) is 103 Å². The number of ether oxygens (including phenoxy) is 1. The molecule has 6 atom stereocenters. The number of aromatic nitrogens is 1. The predicted octanol–water partition coefficient (Wildman–Crippen LogP) is 5.52. The van der Waals surface area contributed by atoms with E-state index in [9.17, 15) is 5.11 Å². The molecule has 1 aromatic carbocycles. The molecule has 2 saturated heterocycles. The van der Waals surface area contributed by atoms with Crippen molar-refractivity contribution in [1.82, 2.24) is 9.88 Å². The zero-order valence-electron chi connectivity index (χ0n) is 20.7. The molecule has 1 aromatic heterocycles. The number of benzene rings is 1. The monoisotopic (exact) mass is 468 g/mol. The molecule has 182 valence electrons. The molecule has 2 spiro atoms. The van der Waals surface area contributed by atoms with Crippen molar-refractivity contribution >= 4 is 10.8 Å². The summed E-state index contributed by atoms with van der Waals surface area (Å²) in [6.45, 7) is 4.25. The summed E-state index contributed by atoms with van der Waals surface area (Å²) in [6.07, 6.45) is 18.4. The Kier molecular flexibility index (Phi) is 4.26. The van der Waals surface area contributed by atoms with Crippen LogP contribution in [0.3, 0.4) is 0 Å². The fourth-order valence-electron chi connectivity index (χ4n) is 9.35. The minimum atomic E-state index is -0.124. The topological polar surface area (TPSA) is 45.6 Å². The lowest BCUT2D eigenvalue weighted by Crippen LogP contribution is -2.60. The van der Waals surface area contributed by atoms with Crippen molar-refractivity contribution in [2.75, 3.05) is 13.1 Å². The maximum atomic E-state index is 9.88. The maximum Gasteiger partial charge on any atom is 0.0974 e. The van der Waals surface area contributed by atoms with Gasteiger partial charge in [0, 0.05) is 36.9 Å². The lowest BCUT2D eigenvalue weighted by atomic mass is 9.58. The minimum Gasteiger partial charge on any atom is -0.390 e. The third kappa shape index (κ3) is 2.77. The van der Waals surface area contributed by atoms with Crippen LogP contribution in [-0.2, 0) is 4.74 Å². The lowest BCUT2D eigenvalue weighted by Gasteiger charge is -2.55. The number of aliphatic hydroxyl groups excluding tert-OH is 1. The standard InChI is InChI=1S/C31H36N2O2/c1-29-10-8-24-15-23-4-5-25(33-18-26(34)19-33)16-30(23)11-12-31(24,35-30)28(29)7-6-27(29)21-3-2-20-9-13-32-17-22(20)14-21/h2-3,8-9,13-15,17,25-28,34H,4-7,10-12,16,18-19H2,1H3/t25-,27+,28+,29+,30+,31+/m0/s1. The molecule has 2 bridgehead atoms. The smallest absolute Gasteiger partial charge is 0.0974 e. The Bertz CT molecular complexity index is 1280. The molecular weight excluding hydrogens is 432 g/mol. The first kappa shape index (κ1) is 21.1. The van der Waals surface area contributed by atoms with Gasteiger partial charge in [0.1, 0.15) is 0 Å². The number of β-amino-alcohol motifs (C(OH)–C–C–N with tert-alkyl or cyclic N) is 1. The highest BCUT2D eigenvalue weighted by Crippen LogP contribution is 2.69. The molecule has 3 aliphatic heterocycles. The molecule has 1 N–H and O–H groups in total. The van der Waals surface area contributed by atoms with Crippen LogP contribution in [0.5, 0.6) is 0 Å². The first-order valence-corrected chi connectivity index (χ1v) is 13.9. The molecule has 4 nitrogen and oxygen atoms in total. The fourth-order valence-corrected chi connectivity index (χ4v) is 9.35. The van der Waals surface area contributed by atoms with Crippen molar-refractivity contribution in [1.29, 1.82) is 0 Å². The second-order valence-corrected chi connectivity index (χ2v) is 12.7. The molecule has 6 aliphatic rings. The average molecular weight is 469 g/mol. The molecule has 35 heavy (non-hydrogen) atoms. The van der Waals surface area contributed by atoms with Crippen molar-refractivity contribution < 1.29 is 9.84 Å². The number of rotatable bonds is 2. The van der Waals surface area contributed by atoms with Gasteiger partial charge in [-0.1, -0.05) is 31.2 Å². The Morgan fingerprint density at radius 1 is 1.09 bits per heavy atom. The van der Waals surface area contributed by atoms with E-state index in [0.29, 0.717) is 17.9 Å². The Balaban J connectivity index is 1.14. The van der Waals surface area contributed by atoms with E-state index in [0.717, 1.165) is 32.4 Å². The summed E-state index contributed by atoms with van der Waals surface area (Å²) < 4.78 is 7.45. The Morgan fingerprint density at radius 2 is 2.00 bits per heavy atom. The Morgan fingerprint density at radius 3 is 2.89 bits per heavy atom. The van der Waals surface area contributed by atoms with Crippen LogP contribution in [0.2, 0.25) is 0 Å². The highest BCUT2D eigenvalue weighted by molar-refractivity contribution is 5.82. The van der Waals surface area contributed by atoms with Crippen LogP contribution in [0.1, 0.15) is 69.8 Å². The average Bonchev–Trinajstić information content (AvgIpc) is 3.36. The quantitative estimate of drug-likeness (QED) is 0.630. The molecule has 3 aliphatic carbocycles. The van der Waals surface area contributed by atoms with Crippen molar-refractivity contribution in [2.24, 2.45) is 11.3 Å². The number of likely N-dealkylation sites (tertiary alicyclic amines) is 1. The molecule has 4 fully saturated rings. The van der Waals surface area contributed by atoms with Gasteiger partial charge in [-0.25, -0.2) is 0 Å². The highest BCUT2D eigenvalue weighted by atomic mass is 16.5. The van der Waals surface area contributed by atoms with E-state index in [4.69, 9.17) is 4.74 Å². The van der Waals surface area contributed by atoms with E-state index >= 15 is 0 Å². The Hall–Kier alpha value is -2.01. The van der Waals surface area contributed by atoms with E-state index in [1.54, 1.807) is 5.57 Å². The van der Waals surface area contributed by atoms with Gasteiger partial charge in [-0.3, -0.25) is 9.88 Å². The van der Waals surface area contributed by atoms with Gasteiger partial charge in [0.2, 0.25) is 0 Å². The summed E-state index contributed by atoms with van der Waals surface area (Å²) in [5.41, 5.74) is 4.62. The van der Waals surface area contributed by atoms with E-state index in [-0.39, 0.29) is 22.7 Å². The maximum absolute atomic E-state index is 9.88. The van der Waals surface area contributed by atoms with Crippen LogP contribution >= 0.6 is 0 Å². The van der Waals surface area contributed by atoms with Crippen LogP contribution in [0.4, 0.5) is 0 Å². The van der Waals surface area contributed by atoms with Gasteiger partial charge >= 0.3 is 0 Å². The molecule has 4 heterocycles. The van der Waals surface area contributed by atoms with Crippen molar-refractivity contribution in [3.63, 3.8) is 0 Å². The largest absolute Gasteiger partial charge is 0.390 e. The van der Waals surface area contributed by atoms with Crippen LogP contribution < -0.4 is 0 Å². The van der Waals surface area contributed by atoms with Crippen LogP contribution in [-0.4, -0.2) is 51.4 Å². The number of fused-ring (bicyclic) bond motifs is 2. The summed E-state index contributed by atoms with van der Waals surface area (Å²) >= 11 is 0. The van der Waals surface area contributed by atoms with Gasteiger partial charge in [-0.15, -0.1) is 0 Å². The molecule has 4 heteroatoms. The summed E-state index contributed by atoms with van der Waals surface area (Å²) in [6, 6.07) is 9.75. The molecule has 2 saturated carbocycles. The number of aliphatic hydroxyl groups is 1. The highest BCUT2D eigenvalue weighted by Gasteiger charge is 2.66. The van der Waals surface area contributed by atoms with E-state index in [2.05, 4.69) is 53.2 Å². The van der Waals surface area contributed by atoms with Gasteiger partial charge in [-0.2, -0.15) is 0 Å². The number of pyridine rings is 1. The first-order chi connectivity index (χ1) is 17.0. The van der Waals surface area contributed by atoms with Crippen LogP contribution in [0.15, 0.2) is 60.0 Å². The molecular formula is C31H36N2O2. The third-order valence-corrected chi connectivity index (χ3v) is 11.1. The zero-order valence-corrected chi connectivity index (χ0v) is 20.7. The van der Waals surface area contributed by atoms with Crippen LogP contribution in [0.25, 0.3) is 10.8 Å². The van der Waals surface area contributed by atoms with Crippen LogP contribution in [0, 0.1) is 11.3 Å². The van der Waals surface area contributed by atoms with Gasteiger partial charge in [0.05, 0.1) is 17.3 Å². The summed E-state index contributed by atoms with van der Waals surface area (Å²) in [4.78, 5) is 6.88. The van der Waals surface area contributed by atoms with Gasteiger partial charge in [0.15, 0.2) is 0 Å². The van der Waals surface area contributed by atoms with E-state index in [1.807, 2.05) is 12.4 Å².